The van der Waals surface area contributed by atoms with Crippen molar-refractivity contribution in [1.82, 2.24) is 0 Å². The fourth-order valence-electron chi connectivity index (χ4n) is 1.72. The second-order valence-electron chi connectivity index (χ2n) is 4.56. The maximum atomic E-state index is 9.27. The smallest absolute Gasteiger partial charge is 0.141 e. The quantitative estimate of drug-likeness (QED) is 0.826. The highest BCUT2D eigenvalue weighted by Gasteiger charge is 2.11. The molecular formula is C16H18Cl2O4. The van der Waals surface area contributed by atoms with Crippen molar-refractivity contribution in [2.24, 2.45) is 0 Å². The third-order valence-corrected chi connectivity index (χ3v) is 3.81. The van der Waals surface area contributed by atoms with Crippen molar-refractivity contribution in [2.45, 2.75) is 13.8 Å². The molecule has 2 aromatic carbocycles. The Bertz CT molecular complexity index is 637. The van der Waals surface area contributed by atoms with E-state index in [0.717, 1.165) is 5.56 Å². The lowest BCUT2D eigenvalue weighted by Gasteiger charge is -2.08. The van der Waals surface area contributed by atoms with E-state index in [1.807, 2.05) is 13.0 Å². The highest BCUT2D eigenvalue weighted by Crippen LogP contribution is 2.38. The van der Waals surface area contributed by atoms with E-state index in [9.17, 15) is 5.11 Å². The number of aromatic hydroxyl groups is 2. The molecule has 6 heteroatoms. The minimum absolute atomic E-state index is 0.0181. The third kappa shape index (κ3) is 4.61. The number of benzene rings is 2. The average molecular weight is 345 g/mol. The first-order chi connectivity index (χ1) is 10.3. The number of phenols is 2. The normalized spacial score (nSPS) is 9.73. The molecule has 0 aromatic heterocycles. The highest BCUT2D eigenvalue weighted by molar-refractivity contribution is 6.37. The lowest BCUT2D eigenvalue weighted by Crippen LogP contribution is -1.87. The van der Waals surface area contributed by atoms with Crippen LogP contribution in [-0.2, 0) is 0 Å². The van der Waals surface area contributed by atoms with Gasteiger partial charge in [-0.2, -0.15) is 0 Å². The van der Waals surface area contributed by atoms with Crippen molar-refractivity contribution in [1.29, 1.82) is 0 Å². The van der Waals surface area contributed by atoms with Gasteiger partial charge in [0.1, 0.15) is 23.0 Å². The number of methoxy groups -OCH3 is 2. The average Bonchev–Trinajstić information content (AvgIpc) is 2.48. The molecule has 0 amide bonds. The first-order valence-corrected chi connectivity index (χ1v) is 7.12. The van der Waals surface area contributed by atoms with Gasteiger partial charge in [0, 0.05) is 12.1 Å². The van der Waals surface area contributed by atoms with Crippen molar-refractivity contribution in [3.63, 3.8) is 0 Å². The maximum Gasteiger partial charge on any atom is 0.141 e. The summed E-state index contributed by atoms with van der Waals surface area (Å²) in [5, 5.41) is 19.0. The summed E-state index contributed by atoms with van der Waals surface area (Å²) in [7, 11) is 3.06. The zero-order valence-corrected chi connectivity index (χ0v) is 14.3. The Labute approximate surface area is 139 Å². The van der Waals surface area contributed by atoms with Crippen LogP contribution in [0.25, 0.3) is 0 Å². The predicted molar refractivity (Wildman–Crippen MR) is 88.8 cm³/mol. The lowest BCUT2D eigenvalue weighted by atomic mass is 10.2. The monoisotopic (exact) mass is 344 g/mol. The molecule has 0 saturated carbocycles. The summed E-state index contributed by atoms with van der Waals surface area (Å²) in [5.74, 6) is 1.35. The van der Waals surface area contributed by atoms with Gasteiger partial charge in [0.05, 0.1) is 24.3 Å². The Kier molecular flexibility index (Phi) is 6.65. The van der Waals surface area contributed by atoms with Crippen LogP contribution in [0.2, 0.25) is 10.0 Å². The number of rotatable bonds is 2. The van der Waals surface area contributed by atoms with Gasteiger partial charge in [-0.25, -0.2) is 0 Å². The van der Waals surface area contributed by atoms with Crippen molar-refractivity contribution in [2.75, 3.05) is 14.2 Å². The van der Waals surface area contributed by atoms with Crippen molar-refractivity contribution < 1.29 is 19.7 Å². The number of hydrogen-bond acceptors (Lipinski definition) is 4. The summed E-state index contributed by atoms with van der Waals surface area (Å²) in [5.41, 5.74) is 1.62. The summed E-state index contributed by atoms with van der Waals surface area (Å²) < 4.78 is 9.83. The first-order valence-electron chi connectivity index (χ1n) is 6.36. The largest absolute Gasteiger partial charge is 0.508 e. The molecule has 0 atom stereocenters. The molecular weight excluding hydrogens is 327 g/mol. The van der Waals surface area contributed by atoms with Crippen molar-refractivity contribution in [3.05, 3.63) is 45.4 Å². The predicted octanol–water partition coefficient (Wildman–Crippen LogP) is 4.73. The molecule has 0 aliphatic rings. The first kappa shape index (κ1) is 18.3. The molecule has 0 aliphatic carbocycles. The number of hydrogen-bond donors (Lipinski definition) is 2. The van der Waals surface area contributed by atoms with Gasteiger partial charge >= 0.3 is 0 Å². The zero-order valence-electron chi connectivity index (χ0n) is 12.8. The van der Waals surface area contributed by atoms with E-state index in [4.69, 9.17) is 37.8 Å². The second-order valence-corrected chi connectivity index (χ2v) is 5.32. The van der Waals surface area contributed by atoms with Crippen LogP contribution in [0.3, 0.4) is 0 Å². The standard InChI is InChI=1S/C8H8Cl2O2.C8H10O2/c1-4-7(9)5(11)3-6(12-2)8(4)10;1-6-3-7(9)5-8(4-6)10-2/h3,11H,1-2H3;3-5,9H,1-2H3. The summed E-state index contributed by atoms with van der Waals surface area (Å²) in [6.45, 7) is 3.62. The molecule has 0 heterocycles. The van der Waals surface area contributed by atoms with Gasteiger partial charge < -0.3 is 19.7 Å². The van der Waals surface area contributed by atoms with Gasteiger partial charge in [-0.3, -0.25) is 0 Å². The van der Waals surface area contributed by atoms with Crippen LogP contribution in [0.5, 0.6) is 23.0 Å². The second kappa shape index (κ2) is 8.01. The van der Waals surface area contributed by atoms with Crippen molar-refractivity contribution >= 4 is 23.2 Å². The molecule has 22 heavy (non-hydrogen) atoms. The van der Waals surface area contributed by atoms with Crippen LogP contribution in [0.1, 0.15) is 11.1 Å². The summed E-state index contributed by atoms with van der Waals surface area (Å²) in [4.78, 5) is 0. The molecule has 0 fully saturated rings. The SMILES string of the molecule is COc1cc(C)cc(O)c1.COc1cc(O)c(Cl)c(C)c1Cl. The minimum atomic E-state index is -0.0181. The zero-order chi connectivity index (χ0) is 16.9. The van der Waals surface area contributed by atoms with Crippen LogP contribution in [-0.4, -0.2) is 24.4 Å². The molecule has 2 N–H and O–H groups in total. The third-order valence-electron chi connectivity index (χ3n) is 2.86. The molecule has 4 nitrogen and oxygen atoms in total. The maximum absolute atomic E-state index is 9.27. The Morgan fingerprint density at radius 1 is 0.864 bits per heavy atom. The molecule has 0 aliphatic heterocycles. The fraction of sp³-hybridized carbons (Fsp3) is 0.250. The topological polar surface area (TPSA) is 58.9 Å². The molecule has 120 valence electrons. The Morgan fingerprint density at radius 3 is 2.00 bits per heavy atom. The molecule has 2 aromatic rings. The van der Waals surface area contributed by atoms with Gasteiger partial charge in [0.15, 0.2) is 0 Å². The highest BCUT2D eigenvalue weighted by atomic mass is 35.5. The summed E-state index contributed by atoms with van der Waals surface area (Å²) in [6.07, 6.45) is 0. The van der Waals surface area contributed by atoms with Gasteiger partial charge in [0.25, 0.3) is 0 Å². The van der Waals surface area contributed by atoms with Crippen LogP contribution in [0.4, 0.5) is 0 Å². The Morgan fingerprint density at radius 2 is 1.50 bits per heavy atom. The van der Waals surface area contributed by atoms with E-state index >= 15 is 0 Å². The van der Waals surface area contributed by atoms with E-state index in [0.29, 0.717) is 22.1 Å². The van der Waals surface area contributed by atoms with E-state index in [-0.39, 0.29) is 16.5 Å². The van der Waals surface area contributed by atoms with E-state index in [1.54, 1.807) is 26.2 Å². The Hall–Kier alpha value is -1.78. The van der Waals surface area contributed by atoms with Gasteiger partial charge in [-0.05, 0) is 37.1 Å². The van der Waals surface area contributed by atoms with E-state index in [2.05, 4.69) is 0 Å². The number of ether oxygens (including phenoxy) is 2. The molecule has 0 saturated heterocycles. The van der Waals surface area contributed by atoms with E-state index in [1.165, 1.54) is 13.2 Å². The summed E-state index contributed by atoms with van der Waals surface area (Å²) >= 11 is 11.6. The van der Waals surface area contributed by atoms with E-state index < -0.39 is 0 Å². The number of phenolic OH excluding ortho intramolecular Hbond substituents is 2. The van der Waals surface area contributed by atoms with Gasteiger partial charge in [0.2, 0.25) is 0 Å². The van der Waals surface area contributed by atoms with Crippen LogP contribution < -0.4 is 9.47 Å². The fourth-order valence-corrected chi connectivity index (χ4v) is 2.14. The molecule has 0 unspecified atom stereocenters. The van der Waals surface area contributed by atoms with Gasteiger partial charge in [-0.15, -0.1) is 0 Å². The van der Waals surface area contributed by atoms with Crippen LogP contribution >= 0.6 is 23.2 Å². The molecule has 0 radical (unpaired) electrons. The number of aryl methyl sites for hydroxylation is 1. The van der Waals surface area contributed by atoms with Crippen LogP contribution in [0, 0.1) is 13.8 Å². The lowest BCUT2D eigenvalue weighted by molar-refractivity contribution is 0.407. The van der Waals surface area contributed by atoms with Crippen LogP contribution in [0.15, 0.2) is 24.3 Å². The number of halogens is 2. The van der Waals surface area contributed by atoms with Gasteiger partial charge in [-0.1, -0.05) is 23.2 Å². The molecule has 0 bridgehead atoms. The Balaban J connectivity index is 0.000000224. The molecule has 0 spiro atoms. The minimum Gasteiger partial charge on any atom is -0.508 e. The summed E-state index contributed by atoms with van der Waals surface area (Å²) in [6, 6.07) is 6.51. The van der Waals surface area contributed by atoms with Crippen molar-refractivity contribution in [3.8, 4) is 23.0 Å². The molecule has 2 rings (SSSR count).